The van der Waals surface area contributed by atoms with Gasteiger partial charge in [-0.1, -0.05) is 12.1 Å². The molecule has 1 aromatic carbocycles. The minimum Gasteiger partial charge on any atom is -0.253 e. The Labute approximate surface area is 90.3 Å². The van der Waals surface area contributed by atoms with E-state index in [1.54, 1.807) is 24.5 Å². The summed E-state index contributed by atoms with van der Waals surface area (Å²) < 4.78 is 12.8. The van der Waals surface area contributed by atoms with E-state index in [0.29, 0.717) is 10.7 Å². The van der Waals surface area contributed by atoms with Gasteiger partial charge in [0.05, 0.1) is 6.21 Å². The summed E-state index contributed by atoms with van der Waals surface area (Å²) in [5, 5.41) is 6.49. The minimum absolute atomic E-state index is 0.270. The molecule has 0 aliphatic carbocycles. The van der Waals surface area contributed by atoms with Crippen LogP contribution in [0.1, 0.15) is 5.56 Å². The lowest BCUT2D eigenvalue weighted by Crippen LogP contribution is -1.89. The molecule has 5 heteroatoms. The van der Waals surface area contributed by atoms with E-state index in [-0.39, 0.29) is 5.82 Å². The molecule has 0 radical (unpaired) electrons. The maximum atomic E-state index is 12.8. The molecule has 76 valence electrons. The summed E-state index contributed by atoms with van der Waals surface area (Å²) in [5.41, 5.74) is 3.45. The molecule has 0 fully saturated rings. The van der Waals surface area contributed by atoms with Crippen LogP contribution in [-0.2, 0) is 0 Å². The zero-order chi connectivity index (χ0) is 10.5. The van der Waals surface area contributed by atoms with E-state index in [4.69, 9.17) is 0 Å². The first-order chi connectivity index (χ1) is 7.34. The highest BCUT2D eigenvalue weighted by atomic mass is 32.1. The largest absolute Gasteiger partial charge is 0.253 e. The van der Waals surface area contributed by atoms with Crippen LogP contribution in [0.3, 0.4) is 0 Å². The van der Waals surface area contributed by atoms with Crippen LogP contribution in [0.15, 0.2) is 40.9 Å². The maximum Gasteiger partial charge on any atom is 0.203 e. The van der Waals surface area contributed by atoms with Crippen LogP contribution in [-0.4, -0.2) is 11.2 Å². The molecular formula is C10H8FN3S. The lowest BCUT2D eigenvalue weighted by Gasteiger charge is -1.94. The quantitative estimate of drug-likeness (QED) is 0.639. The van der Waals surface area contributed by atoms with Crippen molar-refractivity contribution in [2.24, 2.45) is 5.10 Å². The normalized spacial score (nSPS) is 10.7. The number of aromatic nitrogens is 1. The van der Waals surface area contributed by atoms with Gasteiger partial charge in [-0.3, -0.25) is 5.43 Å². The van der Waals surface area contributed by atoms with E-state index in [1.165, 1.54) is 23.5 Å². The number of thiazole rings is 1. The van der Waals surface area contributed by atoms with Crippen molar-refractivity contribution < 1.29 is 4.39 Å². The zero-order valence-corrected chi connectivity index (χ0v) is 8.54. The Bertz CT molecular complexity index is 453. The maximum absolute atomic E-state index is 12.8. The Balaban J connectivity index is 2.00. The Morgan fingerprint density at radius 1 is 1.47 bits per heavy atom. The number of halogens is 1. The molecule has 0 aliphatic rings. The van der Waals surface area contributed by atoms with Gasteiger partial charge < -0.3 is 0 Å². The van der Waals surface area contributed by atoms with Gasteiger partial charge in [0.1, 0.15) is 5.82 Å². The van der Waals surface area contributed by atoms with Crippen molar-refractivity contribution in [2.75, 3.05) is 5.43 Å². The average Bonchev–Trinajstić information content (AvgIpc) is 2.71. The highest BCUT2D eigenvalue weighted by Crippen LogP contribution is 2.09. The van der Waals surface area contributed by atoms with Crippen molar-refractivity contribution in [3.8, 4) is 0 Å². The fourth-order valence-electron chi connectivity index (χ4n) is 1.03. The summed E-state index contributed by atoms with van der Waals surface area (Å²) in [6.07, 6.45) is 3.23. The van der Waals surface area contributed by atoms with Crippen molar-refractivity contribution in [3.63, 3.8) is 0 Å². The monoisotopic (exact) mass is 221 g/mol. The first-order valence-electron chi connectivity index (χ1n) is 4.29. The number of hydrogen-bond donors (Lipinski definition) is 1. The highest BCUT2D eigenvalue weighted by Gasteiger charge is 1.92. The van der Waals surface area contributed by atoms with Crippen molar-refractivity contribution >= 4 is 22.7 Å². The van der Waals surface area contributed by atoms with Crippen molar-refractivity contribution in [3.05, 3.63) is 47.2 Å². The average molecular weight is 221 g/mol. The number of rotatable bonds is 3. The number of anilines is 1. The Morgan fingerprint density at radius 3 is 3.13 bits per heavy atom. The summed E-state index contributed by atoms with van der Waals surface area (Å²) in [6, 6.07) is 6.22. The number of hydrazone groups is 1. The molecule has 1 heterocycles. The second kappa shape index (κ2) is 4.65. The van der Waals surface area contributed by atoms with Gasteiger partial charge >= 0.3 is 0 Å². The van der Waals surface area contributed by atoms with Crippen molar-refractivity contribution in [2.45, 2.75) is 0 Å². The third-order valence-electron chi connectivity index (χ3n) is 1.65. The summed E-state index contributed by atoms with van der Waals surface area (Å²) in [6.45, 7) is 0. The number of nitrogens with one attached hydrogen (secondary N) is 1. The van der Waals surface area contributed by atoms with Crippen LogP contribution in [0, 0.1) is 5.82 Å². The Morgan fingerprint density at radius 2 is 2.40 bits per heavy atom. The molecule has 1 aromatic heterocycles. The van der Waals surface area contributed by atoms with Gasteiger partial charge in [-0.2, -0.15) is 5.10 Å². The molecule has 0 bridgehead atoms. The second-order valence-corrected chi connectivity index (χ2v) is 3.66. The first kappa shape index (κ1) is 9.79. The number of nitrogens with zero attached hydrogens (tertiary/aromatic N) is 2. The molecule has 15 heavy (non-hydrogen) atoms. The Hall–Kier alpha value is -1.75. The molecule has 0 atom stereocenters. The molecule has 0 spiro atoms. The molecule has 0 amide bonds. The van der Waals surface area contributed by atoms with Gasteiger partial charge in [-0.15, -0.1) is 11.3 Å². The van der Waals surface area contributed by atoms with Gasteiger partial charge in [0.15, 0.2) is 0 Å². The van der Waals surface area contributed by atoms with Gasteiger partial charge in [-0.05, 0) is 17.7 Å². The molecular weight excluding hydrogens is 213 g/mol. The third-order valence-corrected chi connectivity index (χ3v) is 2.33. The molecule has 0 aliphatic heterocycles. The topological polar surface area (TPSA) is 37.3 Å². The van der Waals surface area contributed by atoms with E-state index >= 15 is 0 Å². The molecule has 1 N–H and O–H groups in total. The fraction of sp³-hybridized carbons (Fsp3) is 0. The zero-order valence-electron chi connectivity index (χ0n) is 7.72. The van der Waals surface area contributed by atoms with Crippen LogP contribution in [0.4, 0.5) is 9.52 Å². The minimum atomic E-state index is -0.270. The smallest absolute Gasteiger partial charge is 0.203 e. The van der Waals surface area contributed by atoms with Crippen LogP contribution in [0.5, 0.6) is 0 Å². The fourth-order valence-corrected chi connectivity index (χ4v) is 1.51. The van der Waals surface area contributed by atoms with E-state index in [9.17, 15) is 4.39 Å². The molecule has 0 unspecified atom stereocenters. The summed E-state index contributed by atoms with van der Waals surface area (Å²) in [5.74, 6) is -0.270. The van der Waals surface area contributed by atoms with E-state index in [1.807, 2.05) is 5.38 Å². The second-order valence-electron chi connectivity index (χ2n) is 2.76. The lowest BCUT2D eigenvalue weighted by molar-refractivity contribution is 0.627. The van der Waals surface area contributed by atoms with Gasteiger partial charge in [0.2, 0.25) is 5.13 Å². The lowest BCUT2D eigenvalue weighted by atomic mass is 10.2. The molecule has 0 saturated heterocycles. The first-order valence-corrected chi connectivity index (χ1v) is 5.17. The summed E-state index contributed by atoms with van der Waals surface area (Å²) >= 11 is 1.45. The Kier molecular flexibility index (Phi) is 3.04. The highest BCUT2D eigenvalue weighted by molar-refractivity contribution is 7.13. The standard InChI is InChI=1S/C10H8FN3S/c11-9-3-1-2-8(6-9)7-13-14-10-12-4-5-15-10/h1-7H,(H,12,14)/b13-7-. The summed E-state index contributed by atoms with van der Waals surface area (Å²) in [7, 11) is 0. The van der Waals surface area contributed by atoms with Gasteiger partial charge in [0.25, 0.3) is 0 Å². The SMILES string of the molecule is Fc1cccc(/C=N\Nc2nccs2)c1. The molecule has 2 rings (SSSR count). The van der Waals surface area contributed by atoms with E-state index < -0.39 is 0 Å². The van der Waals surface area contributed by atoms with Crippen LogP contribution in [0.2, 0.25) is 0 Å². The molecule has 3 nitrogen and oxygen atoms in total. The van der Waals surface area contributed by atoms with E-state index in [0.717, 1.165) is 0 Å². The van der Waals surface area contributed by atoms with Gasteiger partial charge in [0, 0.05) is 11.6 Å². The van der Waals surface area contributed by atoms with Crippen molar-refractivity contribution in [1.82, 2.24) is 4.98 Å². The molecule has 0 saturated carbocycles. The van der Waals surface area contributed by atoms with Gasteiger partial charge in [-0.25, -0.2) is 9.37 Å². The molecule has 2 aromatic rings. The number of benzene rings is 1. The van der Waals surface area contributed by atoms with Crippen LogP contribution in [0.25, 0.3) is 0 Å². The summed E-state index contributed by atoms with van der Waals surface area (Å²) in [4.78, 5) is 3.98. The third kappa shape index (κ3) is 2.85. The predicted molar refractivity (Wildman–Crippen MR) is 59.7 cm³/mol. The van der Waals surface area contributed by atoms with Crippen molar-refractivity contribution in [1.29, 1.82) is 0 Å². The van der Waals surface area contributed by atoms with E-state index in [2.05, 4.69) is 15.5 Å². The van der Waals surface area contributed by atoms with Crippen LogP contribution >= 0.6 is 11.3 Å². The predicted octanol–water partition coefficient (Wildman–Crippen LogP) is 2.73. The van der Waals surface area contributed by atoms with Crippen LogP contribution < -0.4 is 5.43 Å². The number of hydrogen-bond acceptors (Lipinski definition) is 4.